The number of hydrogen-bond acceptors (Lipinski definition) is 3. The van der Waals surface area contributed by atoms with Gasteiger partial charge in [-0.1, -0.05) is 0 Å². The molecule has 2 aliphatic rings. The Hall–Kier alpha value is -2.36. The van der Waals surface area contributed by atoms with Gasteiger partial charge >= 0.3 is 0 Å². The smallest absolute Gasteiger partial charge is 0.227 e. The van der Waals surface area contributed by atoms with E-state index in [0.29, 0.717) is 6.42 Å². The van der Waals surface area contributed by atoms with Gasteiger partial charge in [0, 0.05) is 53.8 Å². The van der Waals surface area contributed by atoms with E-state index < -0.39 is 0 Å². The quantitative estimate of drug-likeness (QED) is 0.804. The Morgan fingerprint density at radius 1 is 1.29 bits per heavy atom. The Morgan fingerprint density at radius 2 is 2.19 bits per heavy atom. The topological polar surface area (TPSA) is 42.4 Å². The molecule has 1 amide bonds. The molecule has 106 valence electrons. The molecule has 1 saturated heterocycles. The zero-order valence-electron chi connectivity index (χ0n) is 11.9. The van der Waals surface area contributed by atoms with Crippen LogP contribution in [0.5, 0.6) is 5.75 Å². The van der Waals surface area contributed by atoms with Gasteiger partial charge in [-0.3, -0.25) is 9.78 Å². The molecule has 0 aliphatic carbocycles. The molecular formula is C17H16N2O2. The SMILES string of the molecule is CC1Oc2cc(N3CCCC3=O)ccc2-c2cnccc21. The minimum absolute atomic E-state index is 0.0000274. The maximum atomic E-state index is 11.9. The van der Waals surface area contributed by atoms with Crippen molar-refractivity contribution in [1.29, 1.82) is 0 Å². The molecule has 2 aliphatic heterocycles. The number of pyridine rings is 1. The summed E-state index contributed by atoms with van der Waals surface area (Å²) in [7, 11) is 0. The second-order valence-electron chi connectivity index (χ2n) is 5.55. The van der Waals surface area contributed by atoms with Crippen molar-refractivity contribution in [3.8, 4) is 16.9 Å². The Morgan fingerprint density at radius 3 is 3.00 bits per heavy atom. The zero-order valence-corrected chi connectivity index (χ0v) is 11.9. The molecular weight excluding hydrogens is 264 g/mol. The van der Waals surface area contributed by atoms with Crippen molar-refractivity contribution in [2.24, 2.45) is 0 Å². The zero-order chi connectivity index (χ0) is 14.4. The van der Waals surface area contributed by atoms with Gasteiger partial charge in [0.15, 0.2) is 0 Å². The van der Waals surface area contributed by atoms with Crippen LogP contribution in [0.2, 0.25) is 0 Å². The summed E-state index contributed by atoms with van der Waals surface area (Å²) in [4.78, 5) is 17.9. The fraction of sp³-hybridized carbons (Fsp3) is 0.294. The summed E-state index contributed by atoms with van der Waals surface area (Å²) < 4.78 is 6.03. The van der Waals surface area contributed by atoms with Crippen molar-refractivity contribution in [3.63, 3.8) is 0 Å². The summed E-state index contributed by atoms with van der Waals surface area (Å²) in [6.07, 6.45) is 5.25. The minimum atomic E-state index is 0.0000274. The number of rotatable bonds is 1. The van der Waals surface area contributed by atoms with Crippen LogP contribution in [0.15, 0.2) is 36.7 Å². The number of ether oxygens (including phenoxy) is 1. The number of benzene rings is 1. The minimum Gasteiger partial charge on any atom is -0.485 e. The Balaban J connectivity index is 1.81. The maximum Gasteiger partial charge on any atom is 0.227 e. The number of anilines is 1. The number of amides is 1. The highest BCUT2D eigenvalue weighted by atomic mass is 16.5. The maximum absolute atomic E-state index is 11.9. The molecule has 0 N–H and O–H groups in total. The van der Waals surface area contributed by atoms with Crippen molar-refractivity contribution < 1.29 is 9.53 Å². The van der Waals surface area contributed by atoms with Crippen molar-refractivity contribution in [3.05, 3.63) is 42.2 Å². The molecule has 0 spiro atoms. The van der Waals surface area contributed by atoms with E-state index >= 15 is 0 Å². The molecule has 4 nitrogen and oxygen atoms in total. The molecule has 1 fully saturated rings. The van der Waals surface area contributed by atoms with Gasteiger partial charge in [-0.25, -0.2) is 0 Å². The molecule has 4 heteroatoms. The first kappa shape index (κ1) is 12.4. The molecule has 21 heavy (non-hydrogen) atoms. The number of nitrogens with zero attached hydrogens (tertiary/aromatic N) is 2. The Kier molecular flexibility index (Phi) is 2.70. The van der Waals surface area contributed by atoms with Crippen LogP contribution < -0.4 is 9.64 Å². The average molecular weight is 280 g/mol. The van der Waals surface area contributed by atoms with E-state index in [1.165, 1.54) is 0 Å². The summed E-state index contributed by atoms with van der Waals surface area (Å²) in [6, 6.07) is 8.01. The van der Waals surface area contributed by atoms with Crippen LogP contribution >= 0.6 is 0 Å². The molecule has 1 aromatic heterocycles. The second kappa shape index (κ2) is 4.58. The van der Waals surface area contributed by atoms with E-state index in [4.69, 9.17) is 4.74 Å². The highest BCUT2D eigenvalue weighted by Crippen LogP contribution is 2.43. The van der Waals surface area contributed by atoms with Crippen LogP contribution in [0.3, 0.4) is 0 Å². The fourth-order valence-electron chi connectivity index (χ4n) is 3.16. The molecule has 3 heterocycles. The number of fused-ring (bicyclic) bond motifs is 3. The summed E-state index contributed by atoms with van der Waals surface area (Å²) in [5.41, 5.74) is 4.25. The standard InChI is InChI=1S/C17H16N2O2/c1-11-13-6-7-18-10-15(13)14-5-4-12(9-16(14)21-11)19-8-2-3-17(19)20/h4-7,9-11H,2-3,8H2,1H3. The number of aromatic nitrogens is 1. The van der Waals surface area contributed by atoms with E-state index in [-0.39, 0.29) is 12.0 Å². The van der Waals surface area contributed by atoms with Crippen LogP contribution in [0.25, 0.3) is 11.1 Å². The van der Waals surface area contributed by atoms with Gasteiger partial charge in [0.05, 0.1) is 0 Å². The largest absolute Gasteiger partial charge is 0.485 e. The Bertz CT molecular complexity index is 726. The van der Waals surface area contributed by atoms with Crippen molar-refractivity contribution >= 4 is 11.6 Å². The average Bonchev–Trinajstić information content (AvgIpc) is 2.93. The summed E-state index contributed by atoms with van der Waals surface area (Å²) in [5, 5.41) is 0. The first-order chi connectivity index (χ1) is 10.2. The highest BCUT2D eigenvalue weighted by Gasteiger charge is 2.26. The molecule has 0 bridgehead atoms. The molecule has 0 radical (unpaired) electrons. The monoisotopic (exact) mass is 280 g/mol. The van der Waals surface area contributed by atoms with Gasteiger partial charge in [0.25, 0.3) is 0 Å². The van der Waals surface area contributed by atoms with E-state index in [1.54, 1.807) is 6.20 Å². The Labute approximate surface area is 123 Å². The number of carbonyl (C=O) groups is 1. The van der Waals surface area contributed by atoms with E-state index in [9.17, 15) is 4.79 Å². The van der Waals surface area contributed by atoms with E-state index in [2.05, 4.69) is 4.98 Å². The third-order valence-electron chi connectivity index (χ3n) is 4.24. The van der Waals surface area contributed by atoms with E-state index in [0.717, 1.165) is 41.1 Å². The summed E-state index contributed by atoms with van der Waals surface area (Å²) in [5.74, 6) is 1.03. The predicted molar refractivity (Wildman–Crippen MR) is 80.3 cm³/mol. The normalized spacial score (nSPS) is 20.0. The van der Waals surface area contributed by atoms with Crippen LogP contribution in [0.4, 0.5) is 5.69 Å². The van der Waals surface area contributed by atoms with Crippen LogP contribution in [-0.2, 0) is 4.79 Å². The van der Waals surface area contributed by atoms with E-state index in [1.807, 2.05) is 42.3 Å². The van der Waals surface area contributed by atoms with Gasteiger partial charge in [-0.15, -0.1) is 0 Å². The predicted octanol–water partition coefficient (Wildman–Crippen LogP) is 3.33. The summed E-state index contributed by atoms with van der Waals surface area (Å²) >= 11 is 0. The third-order valence-corrected chi connectivity index (χ3v) is 4.24. The first-order valence-electron chi connectivity index (χ1n) is 7.29. The van der Waals surface area contributed by atoms with Gasteiger partial charge in [-0.05, 0) is 31.5 Å². The van der Waals surface area contributed by atoms with Crippen molar-refractivity contribution in [1.82, 2.24) is 4.98 Å². The molecule has 4 rings (SSSR count). The molecule has 0 saturated carbocycles. The van der Waals surface area contributed by atoms with Crippen molar-refractivity contribution in [2.45, 2.75) is 25.9 Å². The third kappa shape index (κ3) is 1.90. The lowest BCUT2D eigenvalue weighted by atomic mass is 9.95. The van der Waals surface area contributed by atoms with Gasteiger partial charge in [-0.2, -0.15) is 0 Å². The van der Waals surface area contributed by atoms with Gasteiger partial charge in [0.1, 0.15) is 11.9 Å². The lowest BCUT2D eigenvalue weighted by molar-refractivity contribution is -0.117. The fourth-order valence-corrected chi connectivity index (χ4v) is 3.16. The summed E-state index contributed by atoms with van der Waals surface area (Å²) in [6.45, 7) is 2.83. The number of hydrogen-bond donors (Lipinski definition) is 0. The molecule has 1 atom stereocenters. The molecule has 1 aromatic carbocycles. The van der Waals surface area contributed by atoms with Crippen LogP contribution in [-0.4, -0.2) is 17.4 Å². The van der Waals surface area contributed by atoms with Crippen LogP contribution in [0.1, 0.15) is 31.4 Å². The van der Waals surface area contributed by atoms with Crippen LogP contribution in [0, 0.1) is 0 Å². The van der Waals surface area contributed by atoms with Gasteiger partial charge < -0.3 is 9.64 Å². The lowest BCUT2D eigenvalue weighted by Gasteiger charge is -2.27. The highest BCUT2D eigenvalue weighted by molar-refractivity contribution is 5.96. The van der Waals surface area contributed by atoms with Crippen molar-refractivity contribution in [2.75, 3.05) is 11.4 Å². The molecule has 1 unspecified atom stereocenters. The first-order valence-corrected chi connectivity index (χ1v) is 7.29. The molecule has 2 aromatic rings. The van der Waals surface area contributed by atoms with Gasteiger partial charge in [0.2, 0.25) is 5.91 Å². The lowest BCUT2D eigenvalue weighted by Crippen LogP contribution is -2.23. The second-order valence-corrected chi connectivity index (χ2v) is 5.55. The number of carbonyl (C=O) groups excluding carboxylic acids is 1.